The van der Waals surface area contributed by atoms with Crippen molar-refractivity contribution < 1.29 is 9.32 Å². The van der Waals surface area contributed by atoms with Crippen molar-refractivity contribution in [1.29, 1.82) is 0 Å². The van der Waals surface area contributed by atoms with Crippen LogP contribution in [-0.4, -0.2) is 40.1 Å². The second-order valence-corrected chi connectivity index (χ2v) is 3.69. The van der Waals surface area contributed by atoms with E-state index in [0.29, 0.717) is 0 Å². The first kappa shape index (κ1) is 14.4. The second-order valence-electron chi connectivity index (χ2n) is 1.96. The summed E-state index contributed by atoms with van der Waals surface area (Å²) in [5.74, 6) is 0.771. The van der Waals surface area contributed by atoms with E-state index >= 15 is 0 Å². The third-order valence-corrected chi connectivity index (χ3v) is 2.01. The Bertz CT molecular complexity index is 151. The van der Waals surface area contributed by atoms with E-state index < -0.39 is 10.8 Å². The Kier molecular flexibility index (Phi) is 16.2. The van der Waals surface area contributed by atoms with Crippen molar-refractivity contribution in [3.63, 3.8) is 0 Å². The Morgan fingerprint density at radius 1 is 1.50 bits per heavy atom. The molecular formula is C7H15NO2S2. The lowest BCUT2D eigenvalue weighted by Gasteiger charge is -1.92. The molecule has 1 N–H and O–H groups in total. The minimum Gasteiger partial charge on any atom is -0.400 e. The summed E-state index contributed by atoms with van der Waals surface area (Å²) in [6.45, 7) is 0.723. The fourth-order valence-electron chi connectivity index (χ4n) is 0.542. The van der Waals surface area contributed by atoms with E-state index in [0.717, 1.165) is 32.2 Å². The molecule has 0 aromatic rings. The number of aliphatic imine (C=N–C) groups is 1. The Balaban J connectivity index is 0. The highest BCUT2D eigenvalue weighted by Crippen LogP contribution is 1.90. The van der Waals surface area contributed by atoms with Crippen LogP contribution in [-0.2, 0) is 10.8 Å². The summed E-state index contributed by atoms with van der Waals surface area (Å²) in [5.41, 5.74) is 0. The van der Waals surface area contributed by atoms with Gasteiger partial charge in [0, 0.05) is 36.5 Å². The standard InChI is InChI=1S/C6H11NOS2.CH4O/c1-10(8)5-3-2-4-7-6-9;1-2/h2-5H2,1H3;2H,1H3/t10-;/m1./s1. The van der Waals surface area contributed by atoms with Gasteiger partial charge in [-0.05, 0) is 25.1 Å². The van der Waals surface area contributed by atoms with Crippen LogP contribution in [0.15, 0.2) is 4.99 Å². The van der Waals surface area contributed by atoms with E-state index in [4.69, 9.17) is 5.11 Å². The Labute approximate surface area is 81.4 Å². The smallest absolute Gasteiger partial charge is 0.0584 e. The molecule has 0 amide bonds. The predicted octanol–water partition coefficient (Wildman–Crippen LogP) is 0.856. The van der Waals surface area contributed by atoms with Crippen LogP contribution >= 0.6 is 12.2 Å². The first-order valence-corrected chi connectivity index (χ1v) is 5.69. The molecule has 0 saturated heterocycles. The molecule has 0 aromatic heterocycles. The zero-order chi connectivity index (χ0) is 9.82. The van der Waals surface area contributed by atoms with E-state index in [-0.39, 0.29) is 0 Å². The zero-order valence-corrected chi connectivity index (χ0v) is 9.08. The Morgan fingerprint density at radius 2 is 2.08 bits per heavy atom. The van der Waals surface area contributed by atoms with Crippen LogP contribution in [0.3, 0.4) is 0 Å². The average Bonchev–Trinajstić information content (AvgIpc) is 2.07. The quantitative estimate of drug-likeness (QED) is 0.415. The van der Waals surface area contributed by atoms with Gasteiger partial charge < -0.3 is 5.11 Å². The first-order valence-electron chi connectivity index (χ1n) is 3.55. The van der Waals surface area contributed by atoms with Gasteiger partial charge in [-0.3, -0.25) is 4.21 Å². The lowest BCUT2D eigenvalue weighted by molar-refractivity contribution is 0.399. The molecule has 1 atom stereocenters. The van der Waals surface area contributed by atoms with Crippen molar-refractivity contribution in [2.45, 2.75) is 12.8 Å². The normalized spacial score (nSPS) is 10.6. The highest BCUT2D eigenvalue weighted by atomic mass is 32.2. The summed E-state index contributed by atoms with van der Waals surface area (Å²) in [6, 6.07) is 0. The highest BCUT2D eigenvalue weighted by Gasteiger charge is 1.89. The molecule has 0 rings (SSSR count). The number of unbranched alkanes of at least 4 members (excludes halogenated alkanes) is 1. The van der Waals surface area contributed by atoms with Crippen molar-refractivity contribution in [2.75, 3.05) is 25.7 Å². The van der Waals surface area contributed by atoms with Gasteiger partial charge in [0.1, 0.15) is 0 Å². The molecule has 0 saturated carbocycles. The average molecular weight is 209 g/mol. The van der Waals surface area contributed by atoms with E-state index in [2.05, 4.69) is 22.4 Å². The number of thiocarbonyl (C=S) groups is 1. The fourth-order valence-corrected chi connectivity index (χ4v) is 1.24. The molecule has 0 aliphatic carbocycles. The van der Waals surface area contributed by atoms with Gasteiger partial charge >= 0.3 is 0 Å². The molecule has 5 heteroatoms. The number of hydrogen-bond acceptors (Lipinski definition) is 4. The maximum atomic E-state index is 10.5. The van der Waals surface area contributed by atoms with Gasteiger partial charge in [-0.1, -0.05) is 0 Å². The van der Waals surface area contributed by atoms with Crippen molar-refractivity contribution in [3.8, 4) is 0 Å². The fraction of sp³-hybridized carbons (Fsp3) is 0.857. The van der Waals surface area contributed by atoms with Crippen LogP contribution in [0.2, 0.25) is 0 Å². The zero-order valence-electron chi connectivity index (χ0n) is 7.45. The lowest BCUT2D eigenvalue weighted by atomic mass is 10.3. The number of nitrogens with zero attached hydrogens (tertiary/aromatic N) is 1. The minimum atomic E-state index is -0.659. The van der Waals surface area contributed by atoms with Crippen molar-refractivity contribution in [3.05, 3.63) is 0 Å². The Hall–Kier alpha value is -0.0900. The van der Waals surface area contributed by atoms with Crippen molar-refractivity contribution >= 4 is 28.2 Å². The van der Waals surface area contributed by atoms with Gasteiger partial charge in [-0.15, -0.1) is 0 Å². The van der Waals surface area contributed by atoms with Crippen LogP contribution in [0.5, 0.6) is 0 Å². The van der Waals surface area contributed by atoms with Crippen LogP contribution in [0.4, 0.5) is 0 Å². The lowest BCUT2D eigenvalue weighted by Crippen LogP contribution is -1.94. The van der Waals surface area contributed by atoms with Gasteiger partial charge in [-0.25, -0.2) is 4.99 Å². The topological polar surface area (TPSA) is 49.7 Å². The van der Waals surface area contributed by atoms with E-state index in [1.165, 1.54) is 0 Å². The largest absolute Gasteiger partial charge is 0.400 e. The number of hydrogen-bond donors (Lipinski definition) is 1. The van der Waals surface area contributed by atoms with Crippen LogP contribution in [0.1, 0.15) is 12.8 Å². The monoisotopic (exact) mass is 209 g/mol. The molecule has 72 valence electrons. The van der Waals surface area contributed by atoms with Crippen molar-refractivity contribution in [1.82, 2.24) is 0 Å². The van der Waals surface area contributed by atoms with E-state index in [1.807, 2.05) is 0 Å². The second kappa shape index (κ2) is 13.5. The summed E-state index contributed by atoms with van der Waals surface area (Å²) in [6.07, 6.45) is 3.63. The molecule has 0 unspecified atom stereocenters. The van der Waals surface area contributed by atoms with Gasteiger partial charge in [0.25, 0.3) is 0 Å². The minimum absolute atomic E-state index is 0.659. The molecule has 0 fully saturated rings. The van der Waals surface area contributed by atoms with Crippen LogP contribution in [0, 0.1) is 0 Å². The van der Waals surface area contributed by atoms with E-state index in [1.54, 1.807) is 6.26 Å². The van der Waals surface area contributed by atoms with Crippen LogP contribution in [0.25, 0.3) is 0 Å². The first-order chi connectivity index (χ1) is 5.77. The molecule has 12 heavy (non-hydrogen) atoms. The number of isothiocyanates is 1. The van der Waals surface area contributed by atoms with E-state index in [9.17, 15) is 4.21 Å². The maximum absolute atomic E-state index is 10.5. The molecule has 0 aliphatic rings. The number of rotatable bonds is 5. The van der Waals surface area contributed by atoms with Gasteiger partial charge in [0.2, 0.25) is 0 Å². The Morgan fingerprint density at radius 3 is 2.50 bits per heavy atom. The summed E-state index contributed by atoms with van der Waals surface area (Å²) in [4.78, 5) is 3.73. The van der Waals surface area contributed by atoms with Gasteiger partial charge in [0.15, 0.2) is 0 Å². The third kappa shape index (κ3) is 16.5. The molecule has 0 bridgehead atoms. The summed E-state index contributed by atoms with van der Waals surface area (Å²) in [5, 5.41) is 9.29. The molecule has 0 radical (unpaired) electrons. The molecular weight excluding hydrogens is 194 g/mol. The van der Waals surface area contributed by atoms with Crippen LogP contribution < -0.4 is 0 Å². The molecule has 0 aromatic carbocycles. The SMILES string of the molecule is CO.C[S@@](=O)CCCCN=C=S. The van der Waals surface area contributed by atoms with Crippen molar-refractivity contribution in [2.24, 2.45) is 4.99 Å². The number of aliphatic hydroxyl groups is 1. The molecule has 3 nitrogen and oxygen atoms in total. The number of aliphatic hydroxyl groups excluding tert-OH is 1. The molecule has 0 spiro atoms. The summed E-state index contributed by atoms with van der Waals surface area (Å²) in [7, 11) is 0.341. The molecule has 0 heterocycles. The predicted molar refractivity (Wildman–Crippen MR) is 56.2 cm³/mol. The maximum Gasteiger partial charge on any atom is 0.0584 e. The third-order valence-electron chi connectivity index (χ3n) is 1.02. The summed E-state index contributed by atoms with van der Waals surface area (Å²) < 4.78 is 10.5. The molecule has 0 aliphatic heterocycles. The van der Waals surface area contributed by atoms with Gasteiger partial charge in [0.05, 0.1) is 5.16 Å². The highest BCUT2D eigenvalue weighted by molar-refractivity contribution is 7.84. The summed E-state index contributed by atoms with van der Waals surface area (Å²) >= 11 is 4.38. The van der Waals surface area contributed by atoms with Gasteiger partial charge in [-0.2, -0.15) is 0 Å².